The molecule has 1 amide bonds. The highest BCUT2D eigenvalue weighted by molar-refractivity contribution is 7.92. The molecule has 0 spiro atoms. The Morgan fingerprint density at radius 1 is 0.875 bits per heavy atom. The highest BCUT2D eigenvalue weighted by atomic mass is 32.2. The second kappa shape index (κ2) is 9.01. The van der Waals surface area contributed by atoms with E-state index in [2.05, 4.69) is 10.0 Å². The fraction of sp³-hybridized carbons (Fsp3) is 0.136. The third-order valence-electron chi connectivity index (χ3n) is 4.67. The predicted octanol–water partition coefficient (Wildman–Crippen LogP) is 3.44. The summed E-state index contributed by atoms with van der Waals surface area (Å²) in [5, 5.41) is 2.67. The molecule has 0 radical (unpaired) electrons. The van der Waals surface area contributed by atoms with Crippen LogP contribution in [0.3, 0.4) is 0 Å². The van der Waals surface area contributed by atoms with Gasteiger partial charge in [0.05, 0.1) is 22.5 Å². The first-order chi connectivity index (χ1) is 15.0. The summed E-state index contributed by atoms with van der Waals surface area (Å²) in [6.07, 6.45) is 1.04. The standard InChI is InChI=1S/C22H23N3O5S2/c1-16-12-13-18(15-21(16)24-31(3,27)28)23-22(26)17-8-7-11-20(14-17)32(29,30)25(2)19-9-5-4-6-10-19/h4-15,24H,1-3H3,(H,23,26). The van der Waals surface area contributed by atoms with Crippen LogP contribution in [0.4, 0.5) is 17.1 Å². The molecule has 32 heavy (non-hydrogen) atoms. The van der Waals surface area contributed by atoms with E-state index in [-0.39, 0.29) is 10.5 Å². The Morgan fingerprint density at radius 3 is 2.22 bits per heavy atom. The number of amides is 1. The van der Waals surface area contributed by atoms with Gasteiger partial charge in [-0.25, -0.2) is 16.8 Å². The van der Waals surface area contributed by atoms with E-state index in [0.717, 1.165) is 10.6 Å². The predicted molar refractivity (Wildman–Crippen MR) is 126 cm³/mol. The van der Waals surface area contributed by atoms with Crippen molar-refractivity contribution in [2.45, 2.75) is 11.8 Å². The number of carbonyl (C=O) groups excluding carboxylic acids is 1. The minimum atomic E-state index is -3.88. The van der Waals surface area contributed by atoms with Crippen LogP contribution in [-0.2, 0) is 20.0 Å². The molecule has 0 aliphatic carbocycles. The number of aryl methyl sites for hydroxylation is 1. The van der Waals surface area contributed by atoms with Gasteiger partial charge >= 0.3 is 0 Å². The normalized spacial score (nSPS) is 11.6. The Morgan fingerprint density at radius 2 is 1.56 bits per heavy atom. The zero-order chi connectivity index (χ0) is 23.5. The largest absolute Gasteiger partial charge is 0.322 e. The number of sulfonamides is 2. The molecule has 10 heteroatoms. The minimum absolute atomic E-state index is 0.0279. The summed E-state index contributed by atoms with van der Waals surface area (Å²) in [6, 6.07) is 19.1. The van der Waals surface area contributed by atoms with Crippen LogP contribution in [-0.4, -0.2) is 36.0 Å². The van der Waals surface area contributed by atoms with E-state index in [1.165, 1.54) is 37.4 Å². The maximum Gasteiger partial charge on any atom is 0.264 e. The molecule has 3 aromatic rings. The Bertz CT molecular complexity index is 1360. The van der Waals surface area contributed by atoms with Gasteiger partial charge in [-0.05, 0) is 55.0 Å². The molecule has 0 aliphatic rings. The van der Waals surface area contributed by atoms with Crippen molar-refractivity contribution in [1.82, 2.24) is 0 Å². The first kappa shape index (κ1) is 23.3. The molecule has 0 fully saturated rings. The van der Waals surface area contributed by atoms with Crippen molar-refractivity contribution in [3.05, 3.63) is 83.9 Å². The highest BCUT2D eigenvalue weighted by Crippen LogP contribution is 2.24. The lowest BCUT2D eigenvalue weighted by Gasteiger charge is -2.19. The molecule has 0 aromatic heterocycles. The number of para-hydroxylation sites is 1. The van der Waals surface area contributed by atoms with Gasteiger partial charge in [-0.3, -0.25) is 13.8 Å². The van der Waals surface area contributed by atoms with Crippen LogP contribution in [0.2, 0.25) is 0 Å². The molecule has 0 atom stereocenters. The van der Waals surface area contributed by atoms with Crippen LogP contribution in [0.25, 0.3) is 0 Å². The van der Waals surface area contributed by atoms with Gasteiger partial charge < -0.3 is 5.32 Å². The van der Waals surface area contributed by atoms with Gasteiger partial charge in [-0.1, -0.05) is 30.3 Å². The molecule has 0 heterocycles. The van der Waals surface area contributed by atoms with E-state index in [1.54, 1.807) is 49.4 Å². The molecule has 0 unspecified atom stereocenters. The smallest absolute Gasteiger partial charge is 0.264 e. The van der Waals surface area contributed by atoms with Gasteiger partial charge in [0.2, 0.25) is 10.0 Å². The lowest BCUT2D eigenvalue weighted by molar-refractivity contribution is 0.102. The Hall–Kier alpha value is -3.37. The summed E-state index contributed by atoms with van der Waals surface area (Å²) < 4.78 is 52.6. The lowest BCUT2D eigenvalue weighted by atomic mass is 10.1. The van der Waals surface area contributed by atoms with Gasteiger partial charge in [0, 0.05) is 18.3 Å². The fourth-order valence-corrected chi connectivity index (χ4v) is 4.81. The van der Waals surface area contributed by atoms with Gasteiger partial charge in [0.1, 0.15) is 0 Å². The van der Waals surface area contributed by atoms with Gasteiger partial charge in [-0.2, -0.15) is 0 Å². The van der Waals surface area contributed by atoms with Gasteiger partial charge in [0.25, 0.3) is 15.9 Å². The maximum atomic E-state index is 13.0. The van der Waals surface area contributed by atoms with E-state index in [0.29, 0.717) is 22.6 Å². The molecular formula is C22H23N3O5S2. The summed E-state index contributed by atoms with van der Waals surface area (Å²) in [5.74, 6) is -0.529. The second-order valence-electron chi connectivity index (χ2n) is 7.19. The zero-order valence-electron chi connectivity index (χ0n) is 17.7. The van der Waals surface area contributed by atoms with E-state index in [1.807, 2.05) is 0 Å². The van der Waals surface area contributed by atoms with Crippen molar-refractivity contribution in [2.24, 2.45) is 0 Å². The van der Waals surface area contributed by atoms with Crippen LogP contribution < -0.4 is 14.3 Å². The first-order valence-corrected chi connectivity index (χ1v) is 12.8. The summed E-state index contributed by atoms with van der Waals surface area (Å²) in [4.78, 5) is 12.7. The van der Waals surface area contributed by atoms with Crippen LogP contribution in [0.1, 0.15) is 15.9 Å². The van der Waals surface area contributed by atoms with Gasteiger partial charge in [0.15, 0.2) is 0 Å². The topological polar surface area (TPSA) is 113 Å². The summed E-state index contributed by atoms with van der Waals surface area (Å²) >= 11 is 0. The van der Waals surface area contributed by atoms with E-state index < -0.39 is 26.0 Å². The van der Waals surface area contributed by atoms with Crippen LogP contribution in [0.15, 0.2) is 77.7 Å². The number of nitrogens with zero attached hydrogens (tertiary/aromatic N) is 1. The summed E-state index contributed by atoms with van der Waals surface area (Å²) in [6.45, 7) is 1.73. The number of hydrogen-bond acceptors (Lipinski definition) is 5. The van der Waals surface area contributed by atoms with Crippen molar-refractivity contribution in [3.8, 4) is 0 Å². The molecule has 168 valence electrons. The maximum absolute atomic E-state index is 13.0. The zero-order valence-corrected chi connectivity index (χ0v) is 19.4. The van der Waals surface area contributed by atoms with Crippen LogP contribution in [0.5, 0.6) is 0 Å². The average molecular weight is 474 g/mol. The Labute approximate surface area is 188 Å². The molecule has 3 aromatic carbocycles. The number of hydrogen-bond donors (Lipinski definition) is 2. The highest BCUT2D eigenvalue weighted by Gasteiger charge is 2.22. The summed E-state index contributed by atoms with van der Waals surface area (Å²) in [7, 11) is -5.92. The van der Waals surface area contributed by atoms with Crippen LogP contribution >= 0.6 is 0 Å². The molecule has 0 saturated carbocycles. The minimum Gasteiger partial charge on any atom is -0.322 e. The molecule has 0 bridgehead atoms. The Kier molecular flexibility index (Phi) is 6.56. The van der Waals surface area contributed by atoms with Crippen molar-refractivity contribution < 1.29 is 21.6 Å². The number of nitrogens with one attached hydrogen (secondary N) is 2. The molecule has 3 rings (SSSR count). The average Bonchev–Trinajstić information content (AvgIpc) is 2.75. The van der Waals surface area contributed by atoms with E-state index in [9.17, 15) is 21.6 Å². The number of anilines is 3. The SMILES string of the molecule is Cc1ccc(NC(=O)c2cccc(S(=O)(=O)N(C)c3ccccc3)c2)cc1NS(C)(=O)=O. The molecule has 8 nitrogen and oxygen atoms in total. The molecule has 2 N–H and O–H groups in total. The third kappa shape index (κ3) is 5.45. The first-order valence-electron chi connectivity index (χ1n) is 9.51. The van der Waals surface area contributed by atoms with E-state index in [4.69, 9.17) is 0 Å². The van der Waals surface area contributed by atoms with Crippen molar-refractivity contribution >= 4 is 43.0 Å². The second-order valence-corrected chi connectivity index (χ2v) is 10.9. The Balaban J connectivity index is 1.85. The monoisotopic (exact) mass is 473 g/mol. The molecule has 0 aliphatic heterocycles. The number of rotatable bonds is 7. The quantitative estimate of drug-likeness (QED) is 0.546. The number of benzene rings is 3. The molecule has 0 saturated heterocycles. The van der Waals surface area contributed by atoms with E-state index >= 15 is 0 Å². The van der Waals surface area contributed by atoms with Crippen molar-refractivity contribution in [1.29, 1.82) is 0 Å². The van der Waals surface area contributed by atoms with Crippen molar-refractivity contribution in [3.63, 3.8) is 0 Å². The number of carbonyl (C=O) groups is 1. The molecular weight excluding hydrogens is 450 g/mol. The van der Waals surface area contributed by atoms with Gasteiger partial charge in [-0.15, -0.1) is 0 Å². The van der Waals surface area contributed by atoms with Crippen molar-refractivity contribution in [2.75, 3.05) is 27.6 Å². The fourth-order valence-electron chi connectivity index (χ4n) is 2.95. The third-order valence-corrected chi connectivity index (χ3v) is 7.04. The lowest BCUT2D eigenvalue weighted by Crippen LogP contribution is -2.26. The summed E-state index contributed by atoms with van der Waals surface area (Å²) in [5.41, 5.74) is 2.02. The van der Waals surface area contributed by atoms with Crippen LogP contribution in [0, 0.1) is 6.92 Å².